The van der Waals surface area contributed by atoms with E-state index in [1.807, 2.05) is 0 Å². The van der Waals surface area contributed by atoms with Crippen LogP contribution in [-0.2, 0) is 0 Å². The Kier molecular flexibility index (Phi) is 5.76. The topological polar surface area (TPSA) is 96.4 Å². The molecule has 0 spiro atoms. The molecule has 0 saturated heterocycles. The SMILES string of the molecule is C=CCCOc1nc(Nc2cccc(NC(=O)O)c2)ncc1Cl. The lowest BCUT2D eigenvalue weighted by molar-refractivity contribution is 0.210. The van der Waals surface area contributed by atoms with Gasteiger partial charge in [0.05, 0.1) is 12.8 Å². The van der Waals surface area contributed by atoms with Crippen molar-refractivity contribution in [3.8, 4) is 5.88 Å². The van der Waals surface area contributed by atoms with E-state index in [0.29, 0.717) is 29.4 Å². The van der Waals surface area contributed by atoms with E-state index < -0.39 is 6.09 Å². The van der Waals surface area contributed by atoms with E-state index in [1.165, 1.54) is 6.20 Å². The number of aromatic nitrogens is 2. The second-order valence-corrected chi connectivity index (χ2v) is 4.82. The second kappa shape index (κ2) is 8.00. The van der Waals surface area contributed by atoms with E-state index in [-0.39, 0.29) is 11.8 Å². The fraction of sp³-hybridized carbons (Fsp3) is 0.133. The molecule has 7 nitrogen and oxygen atoms in total. The molecule has 0 fully saturated rings. The smallest absolute Gasteiger partial charge is 0.409 e. The number of carbonyl (C=O) groups is 1. The summed E-state index contributed by atoms with van der Waals surface area (Å²) in [7, 11) is 0. The van der Waals surface area contributed by atoms with Gasteiger partial charge in [-0.1, -0.05) is 23.7 Å². The molecule has 1 aromatic heterocycles. The van der Waals surface area contributed by atoms with Gasteiger partial charge < -0.3 is 15.2 Å². The van der Waals surface area contributed by atoms with Gasteiger partial charge in [0.1, 0.15) is 5.02 Å². The summed E-state index contributed by atoms with van der Waals surface area (Å²) in [5.74, 6) is 0.557. The van der Waals surface area contributed by atoms with Gasteiger partial charge in [-0.15, -0.1) is 6.58 Å². The summed E-state index contributed by atoms with van der Waals surface area (Å²) in [6.45, 7) is 4.02. The van der Waals surface area contributed by atoms with Crippen LogP contribution in [-0.4, -0.2) is 27.8 Å². The van der Waals surface area contributed by atoms with Crippen molar-refractivity contribution in [1.82, 2.24) is 9.97 Å². The maximum atomic E-state index is 10.7. The van der Waals surface area contributed by atoms with E-state index in [4.69, 9.17) is 21.4 Å². The molecule has 120 valence electrons. The van der Waals surface area contributed by atoms with Crippen molar-refractivity contribution in [2.45, 2.75) is 6.42 Å². The maximum absolute atomic E-state index is 10.7. The van der Waals surface area contributed by atoms with Gasteiger partial charge in [-0.2, -0.15) is 4.98 Å². The first kappa shape index (κ1) is 16.6. The zero-order valence-electron chi connectivity index (χ0n) is 12.1. The van der Waals surface area contributed by atoms with Crippen LogP contribution < -0.4 is 15.4 Å². The quantitative estimate of drug-likeness (QED) is 0.524. The molecule has 2 aromatic rings. The third kappa shape index (κ3) is 5.15. The van der Waals surface area contributed by atoms with Crippen LogP contribution in [0.1, 0.15) is 6.42 Å². The van der Waals surface area contributed by atoms with Crippen molar-refractivity contribution < 1.29 is 14.6 Å². The molecule has 23 heavy (non-hydrogen) atoms. The van der Waals surface area contributed by atoms with Gasteiger partial charge in [0.15, 0.2) is 0 Å². The number of hydrogen-bond donors (Lipinski definition) is 3. The number of rotatable bonds is 7. The van der Waals surface area contributed by atoms with Crippen LogP contribution in [0, 0.1) is 0 Å². The summed E-state index contributed by atoms with van der Waals surface area (Å²) >= 11 is 5.98. The van der Waals surface area contributed by atoms with Gasteiger partial charge in [-0.25, -0.2) is 9.78 Å². The summed E-state index contributed by atoms with van der Waals surface area (Å²) in [6, 6.07) is 6.70. The normalized spacial score (nSPS) is 9.96. The number of ether oxygens (including phenoxy) is 1. The fourth-order valence-corrected chi connectivity index (χ4v) is 1.82. The minimum atomic E-state index is -1.14. The highest BCUT2D eigenvalue weighted by atomic mass is 35.5. The Morgan fingerprint density at radius 2 is 2.22 bits per heavy atom. The number of amides is 1. The summed E-state index contributed by atoms with van der Waals surface area (Å²) in [6.07, 6.45) is 2.70. The lowest BCUT2D eigenvalue weighted by atomic mass is 10.3. The van der Waals surface area contributed by atoms with Crippen LogP contribution in [0.2, 0.25) is 5.02 Å². The van der Waals surface area contributed by atoms with Gasteiger partial charge in [-0.3, -0.25) is 5.32 Å². The molecule has 1 amide bonds. The van der Waals surface area contributed by atoms with E-state index in [2.05, 4.69) is 27.2 Å². The first-order chi connectivity index (χ1) is 11.1. The standard InChI is InChI=1S/C15H15ClN4O3/c1-2-3-7-23-13-12(16)9-17-14(20-13)18-10-5-4-6-11(8-10)19-15(21)22/h2,4-6,8-9,19H,1,3,7H2,(H,21,22)(H,17,18,20). The number of carboxylic acid groups (broad SMARTS) is 1. The molecule has 0 saturated carbocycles. The average Bonchev–Trinajstić information content (AvgIpc) is 2.50. The van der Waals surface area contributed by atoms with Crippen molar-refractivity contribution in [3.63, 3.8) is 0 Å². The predicted octanol–water partition coefficient (Wildman–Crippen LogP) is 3.92. The molecule has 0 aliphatic heterocycles. The van der Waals surface area contributed by atoms with Gasteiger partial charge in [0, 0.05) is 11.4 Å². The van der Waals surface area contributed by atoms with Crippen molar-refractivity contribution >= 4 is 35.0 Å². The third-order valence-corrected chi connectivity index (χ3v) is 2.90. The van der Waals surface area contributed by atoms with Crippen LogP contribution in [0.4, 0.5) is 22.1 Å². The predicted molar refractivity (Wildman–Crippen MR) is 88.7 cm³/mol. The second-order valence-electron chi connectivity index (χ2n) is 4.41. The molecule has 0 unspecified atom stereocenters. The molecular formula is C15H15ClN4O3. The lowest BCUT2D eigenvalue weighted by Gasteiger charge is -2.10. The molecular weight excluding hydrogens is 320 g/mol. The molecule has 0 atom stereocenters. The minimum Gasteiger partial charge on any atom is -0.476 e. The molecule has 3 N–H and O–H groups in total. The Hall–Kier alpha value is -2.80. The zero-order chi connectivity index (χ0) is 16.7. The van der Waals surface area contributed by atoms with Crippen molar-refractivity contribution in [1.29, 1.82) is 0 Å². The fourth-order valence-electron chi connectivity index (χ4n) is 1.68. The van der Waals surface area contributed by atoms with Gasteiger partial charge in [0.2, 0.25) is 11.8 Å². The summed E-state index contributed by atoms with van der Waals surface area (Å²) < 4.78 is 5.45. The first-order valence-electron chi connectivity index (χ1n) is 6.72. The van der Waals surface area contributed by atoms with Crippen molar-refractivity contribution in [2.24, 2.45) is 0 Å². The molecule has 1 heterocycles. The zero-order valence-corrected chi connectivity index (χ0v) is 12.9. The molecule has 0 aliphatic carbocycles. The molecule has 2 rings (SSSR count). The molecule has 0 bridgehead atoms. The monoisotopic (exact) mass is 334 g/mol. The highest BCUT2D eigenvalue weighted by Crippen LogP contribution is 2.24. The third-order valence-electron chi connectivity index (χ3n) is 2.64. The number of halogens is 1. The Morgan fingerprint density at radius 3 is 2.96 bits per heavy atom. The van der Waals surface area contributed by atoms with Gasteiger partial charge in [0.25, 0.3) is 0 Å². The summed E-state index contributed by atoms with van der Waals surface area (Å²) in [4.78, 5) is 18.9. The molecule has 0 radical (unpaired) electrons. The number of anilines is 3. The van der Waals surface area contributed by atoms with Crippen LogP contribution in [0.15, 0.2) is 43.1 Å². The number of hydrogen-bond acceptors (Lipinski definition) is 5. The molecule has 0 aliphatic rings. The molecule has 8 heteroatoms. The van der Waals surface area contributed by atoms with Crippen LogP contribution in [0.3, 0.4) is 0 Å². The minimum absolute atomic E-state index is 0.269. The highest BCUT2D eigenvalue weighted by molar-refractivity contribution is 6.31. The largest absolute Gasteiger partial charge is 0.476 e. The summed E-state index contributed by atoms with van der Waals surface area (Å²) in [5.41, 5.74) is 1.05. The van der Waals surface area contributed by atoms with E-state index in [1.54, 1.807) is 30.3 Å². The Balaban J connectivity index is 2.11. The van der Waals surface area contributed by atoms with Crippen LogP contribution >= 0.6 is 11.6 Å². The molecule has 1 aromatic carbocycles. The average molecular weight is 335 g/mol. The van der Waals surface area contributed by atoms with Crippen LogP contribution in [0.25, 0.3) is 0 Å². The van der Waals surface area contributed by atoms with E-state index in [9.17, 15) is 4.79 Å². The highest BCUT2D eigenvalue weighted by Gasteiger charge is 2.07. The summed E-state index contributed by atoms with van der Waals surface area (Å²) in [5, 5.41) is 14.3. The van der Waals surface area contributed by atoms with Crippen LogP contribution in [0.5, 0.6) is 5.88 Å². The van der Waals surface area contributed by atoms with Crippen molar-refractivity contribution in [3.05, 3.63) is 48.1 Å². The van der Waals surface area contributed by atoms with Crippen molar-refractivity contribution in [2.75, 3.05) is 17.2 Å². The Bertz CT molecular complexity index is 709. The first-order valence-corrected chi connectivity index (χ1v) is 7.09. The number of nitrogens with zero attached hydrogens (tertiary/aromatic N) is 2. The van der Waals surface area contributed by atoms with Gasteiger partial charge in [-0.05, 0) is 24.6 Å². The maximum Gasteiger partial charge on any atom is 0.409 e. The van der Waals surface area contributed by atoms with E-state index >= 15 is 0 Å². The van der Waals surface area contributed by atoms with Gasteiger partial charge >= 0.3 is 6.09 Å². The number of benzene rings is 1. The van der Waals surface area contributed by atoms with E-state index in [0.717, 1.165) is 0 Å². The Labute approximate surface area is 138 Å². The lowest BCUT2D eigenvalue weighted by Crippen LogP contribution is -2.07. The Morgan fingerprint density at radius 1 is 1.43 bits per heavy atom. The number of nitrogens with one attached hydrogen (secondary N) is 2.